The molecule has 4 rings (SSSR count). The minimum absolute atomic E-state index is 0.129. The topological polar surface area (TPSA) is 51.8 Å². The van der Waals surface area contributed by atoms with Crippen LogP contribution < -0.4 is 0 Å². The van der Waals surface area contributed by atoms with Gasteiger partial charge in [0.25, 0.3) is 0 Å². The SMILES string of the molecule is O=C1OC(c2ccc(Cl)cc2Cl)=N/C1=C\c1ccc(-c2ccccc2Br)o1. The molecule has 134 valence electrons. The molecule has 1 aromatic heterocycles. The molecule has 4 nitrogen and oxygen atoms in total. The number of ether oxygens (including phenoxy) is 1. The number of hydrogen-bond acceptors (Lipinski definition) is 4. The highest BCUT2D eigenvalue weighted by Crippen LogP contribution is 2.31. The Morgan fingerprint density at radius 3 is 2.59 bits per heavy atom. The third-order valence-electron chi connectivity index (χ3n) is 3.83. The lowest BCUT2D eigenvalue weighted by Crippen LogP contribution is -2.05. The van der Waals surface area contributed by atoms with E-state index in [1.165, 1.54) is 6.08 Å². The van der Waals surface area contributed by atoms with Gasteiger partial charge in [-0.2, -0.15) is 0 Å². The summed E-state index contributed by atoms with van der Waals surface area (Å²) in [4.78, 5) is 16.4. The van der Waals surface area contributed by atoms with Gasteiger partial charge in [-0.3, -0.25) is 0 Å². The molecule has 1 aliphatic rings. The Morgan fingerprint density at radius 2 is 1.81 bits per heavy atom. The maximum absolute atomic E-state index is 12.1. The summed E-state index contributed by atoms with van der Waals surface area (Å²) in [6.45, 7) is 0. The number of halogens is 3. The van der Waals surface area contributed by atoms with Crippen LogP contribution >= 0.6 is 39.1 Å². The summed E-state index contributed by atoms with van der Waals surface area (Å²) in [5.41, 5.74) is 1.53. The van der Waals surface area contributed by atoms with Gasteiger partial charge in [-0.05, 0) is 36.4 Å². The van der Waals surface area contributed by atoms with Crippen molar-refractivity contribution in [1.29, 1.82) is 0 Å². The Bertz CT molecular complexity index is 1120. The van der Waals surface area contributed by atoms with Crippen molar-refractivity contribution >= 4 is 57.1 Å². The third kappa shape index (κ3) is 3.72. The van der Waals surface area contributed by atoms with Gasteiger partial charge in [0.15, 0.2) is 5.70 Å². The molecule has 0 amide bonds. The van der Waals surface area contributed by atoms with Crippen LogP contribution in [0.5, 0.6) is 0 Å². The number of nitrogens with zero attached hydrogens (tertiary/aromatic N) is 1. The van der Waals surface area contributed by atoms with E-state index in [0.29, 0.717) is 27.1 Å². The van der Waals surface area contributed by atoms with Gasteiger partial charge in [-0.15, -0.1) is 0 Å². The number of benzene rings is 2. The number of cyclic esters (lactones) is 1. The van der Waals surface area contributed by atoms with E-state index in [4.69, 9.17) is 32.4 Å². The van der Waals surface area contributed by atoms with Crippen molar-refractivity contribution in [3.63, 3.8) is 0 Å². The van der Waals surface area contributed by atoms with Crippen LogP contribution in [-0.4, -0.2) is 11.9 Å². The van der Waals surface area contributed by atoms with Crippen LogP contribution in [0, 0.1) is 0 Å². The summed E-state index contributed by atoms with van der Waals surface area (Å²) in [6, 6.07) is 16.2. The Kier molecular flexibility index (Phi) is 4.91. The molecule has 7 heteroatoms. The Morgan fingerprint density at radius 1 is 1.00 bits per heavy atom. The average Bonchev–Trinajstić information content (AvgIpc) is 3.23. The van der Waals surface area contributed by atoms with Crippen LogP contribution in [0.2, 0.25) is 10.0 Å². The second-order valence-electron chi connectivity index (χ2n) is 5.64. The Balaban J connectivity index is 1.65. The number of aliphatic imine (C=N–C) groups is 1. The van der Waals surface area contributed by atoms with Crippen LogP contribution in [0.3, 0.4) is 0 Å². The molecule has 0 fully saturated rings. The maximum Gasteiger partial charge on any atom is 0.363 e. The summed E-state index contributed by atoms with van der Waals surface area (Å²) >= 11 is 15.5. The molecule has 1 aliphatic heterocycles. The zero-order chi connectivity index (χ0) is 19.0. The molecule has 0 radical (unpaired) electrons. The average molecular weight is 463 g/mol. The van der Waals surface area contributed by atoms with Crippen molar-refractivity contribution in [1.82, 2.24) is 0 Å². The van der Waals surface area contributed by atoms with Crippen LogP contribution in [0.25, 0.3) is 17.4 Å². The van der Waals surface area contributed by atoms with Crippen LogP contribution in [0.15, 0.2) is 74.2 Å². The first-order chi connectivity index (χ1) is 13.0. The number of furan rings is 1. The van der Waals surface area contributed by atoms with Crippen LogP contribution in [-0.2, 0) is 9.53 Å². The number of hydrogen-bond donors (Lipinski definition) is 0. The lowest BCUT2D eigenvalue weighted by atomic mass is 10.2. The normalized spacial score (nSPS) is 15.1. The maximum atomic E-state index is 12.1. The third-order valence-corrected chi connectivity index (χ3v) is 5.07. The minimum Gasteiger partial charge on any atom is -0.457 e. The second kappa shape index (κ2) is 7.35. The summed E-state index contributed by atoms with van der Waals surface area (Å²) in [7, 11) is 0. The van der Waals surface area contributed by atoms with Crippen molar-refractivity contribution in [3.05, 3.63) is 86.1 Å². The number of rotatable bonds is 3. The fourth-order valence-electron chi connectivity index (χ4n) is 2.56. The fourth-order valence-corrected chi connectivity index (χ4v) is 3.53. The first-order valence-corrected chi connectivity index (χ1v) is 9.39. The van der Waals surface area contributed by atoms with E-state index in [-0.39, 0.29) is 11.6 Å². The Hall–Kier alpha value is -2.34. The predicted molar refractivity (Wildman–Crippen MR) is 109 cm³/mol. The number of esters is 1. The van der Waals surface area contributed by atoms with E-state index in [2.05, 4.69) is 20.9 Å². The molecular weight excluding hydrogens is 453 g/mol. The van der Waals surface area contributed by atoms with E-state index in [1.54, 1.807) is 24.3 Å². The lowest BCUT2D eigenvalue weighted by molar-refractivity contribution is -0.129. The zero-order valence-electron chi connectivity index (χ0n) is 13.6. The van der Waals surface area contributed by atoms with Crippen molar-refractivity contribution in [3.8, 4) is 11.3 Å². The molecule has 0 bridgehead atoms. The monoisotopic (exact) mass is 461 g/mol. The van der Waals surface area contributed by atoms with Crippen molar-refractivity contribution < 1.29 is 13.9 Å². The molecule has 0 saturated heterocycles. The van der Waals surface area contributed by atoms with E-state index in [9.17, 15) is 4.79 Å². The largest absolute Gasteiger partial charge is 0.457 e. The number of carbonyl (C=O) groups excluding carboxylic acids is 1. The molecule has 3 aromatic rings. The molecule has 2 heterocycles. The highest BCUT2D eigenvalue weighted by molar-refractivity contribution is 9.10. The minimum atomic E-state index is -0.574. The van der Waals surface area contributed by atoms with E-state index < -0.39 is 5.97 Å². The number of carbonyl (C=O) groups is 1. The standard InChI is InChI=1S/C20H10BrCl2NO3/c21-15-4-2-1-3-13(15)18-8-6-12(26-18)10-17-20(25)27-19(24-17)14-7-5-11(22)9-16(14)23/h1-10H/b17-10-. The summed E-state index contributed by atoms with van der Waals surface area (Å²) in [5, 5.41) is 0.837. The summed E-state index contributed by atoms with van der Waals surface area (Å²) in [6.07, 6.45) is 1.53. The van der Waals surface area contributed by atoms with Gasteiger partial charge in [0.1, 0.15) is 11.5 Å². The molecule has 0 N–H and O–H groups in total. The highest BCUT2D eigenvalue weighted by atomic mass is 79.9. The van der Waals surface area contributed by atoms with Crippen molar-refractivity contribution in [2.24, 2.45) is 4.99 Å². The van der Waals surface area contributed by atoms with E-state index in [0.717, 1.165) is 10.0 Å². The molecule has 0 saturated carbocycles. The summed E-state index contributed by atoms with van der Waals surface area (Å²) < 4.78 is 12.0. The summed E-state index contributed by atoms with van der Waals surface area (Å²) in [5.74, 6) is 0.714. The first-order valence-electron chi connectivity index (χ1n) is 7.84. The highest BCUT2D eigenvalue weighted by Gasteiger charge is 2.26. The van der Waals surface area contributed by atoms with E-state index >= 15 is 0 Å². The van der Waals surface area contributed by atoms with Crippen molar-refractivity contribution in [2.45, 2.75) is 0 Å². The van der Waals surface area contributed by atoms with Gasteiger partial charge in [0.2, 0.25) is 5.90 Å². The molecule has 2 aromatic carbocycles. The van der Waals surface area contributed by atoms with Gasteiger partial charge in [0, 0.05) is 21.1 Å². The molecule has 0 unspecified atom stereocenters. The Labute approximate surface area is 173 Å². The quantitative estimate of drug-likeness (QED) is 0.336. The van der Waals surface area contributed by atoms with Gasteiger partial charge in [-0.1, -0.05) is 57.3 Å². The smallest absolute Gasteiger partial charge is 0.363 e. The van der Waals surface area contributed by atoms with E-state index in [1.807, 2.05) is 30.3 Å². The van der Waals surface area contributed by atoms with Gasteiger partial charge < -0.3 is 9.15 Å². The first kappa shape index (κ1) is 18.0. The predicted octanol–water partition coefficient (Wildman–Crippen LogP) is 6.36. The molecule has 0 aliphatic carbocycles. The zero-order valence-corrected chi connectivity index (χ0v) is 16.7. The van der Waals surface area contributed by atoms with Gasteiger partial charge in [0.05, 0.1) is 10.6 Å². The molecule has 0 spiro atoms. The van der Waals surface area contributed by atoms with Gasteiger partial charge >= 0.3 is 5.97 Å². The van der Waals surface area contributed by atoms with Crippen LogP contribution in [0.4, 0.5) is 0 Å². The molecule has 27 heavy (non-hydrogen) atoms. The van der Waals surface area contributed by atoms with Crippen LogP contribution in [0.1, 0.15) is 11.3 Å². The lowest BCUT2D eigenvalue weighted by Gasteiger charge is -2.02. The second-order valence-corrected chi connectivity index (χ2v) is 7.34. The molecular formula is C20H10BrCl2NO3. The fraction of sp³-hybridized carbons (Fsp3) is 0. The van der Waals surface area contributed by atoms with Crippen molar-refractivity contribution in [2.75, 3.05) is 0 Å². The van der Waals surface area contributed by atoms with Gasteiger partial charge in [-0.25, -0.2) is 9.79 Å². The molecule has 0 atom stereocenters.